The van der Waals surface area contributed by atoms with Crippen molar-refractivity contribution in [2.75, 3.05) is 0 Å². The lowest BCUT2D eigenvalue weighted by Crippen LogP contribution is -1.94. The van der Waals surface area contributed by atoms with Crippen LogP contribution in [0.25, 0.3) is 22.3 Å². The maximum absolute atomic E-state index is 9.31. The Kier molecular flexibility index (Phi) is 2.84. The van der Waals surface area contributed by atoms with E-state index in [-0.39, 0.29) is 5.75 Å². The molecule has 4 heteroatoms. The number of hydrogen-bond acceptors (Lipinski definition) is 3. The SMILES string of the molecule is Cc1nc(-c2ccc(O)cc2)nc2c(Cl)cccc12. The summed E-state index contributed by atoms with van der Waals surface area (Å²) < 4.78 is 0. The summed E-state index contributed by atoms with van der Waals surface area (Å²) in [5.74, 6) is 0.831. The number of hydrogen-bond donors (Lipinski definition) is 1. The Bertz CT molecular complexity index is 754. The zero-order chi connectivity index (χ0) is 13.4. The van der Waals surface area contributed by atoms with Crippen LogP contribution in [-0.4, -0.2) is 15.1 Å². The van der Waals surface area contributed by atoms with Gasteiger partial charge in [0.15, 0.2) is 5.82 Å². The molecule has 0 saturated heterocycles. The Labute approximate surface area is 115 Å². The van der Waals surface area contributed by atoms with Crippen molar-refractivity contribution in [2.24, 2.45) is 0 Å². The minimum Gasteiger partial charge on any atom is -0.508 e. The van der Waals surface area contributed by atoms with E-state index in [4.69, 9.17) is 11.6 Å². The van der Waals surface area contributed by atoms with E-state index in [1.54, 1.807) is 24.3 Å². The lowest BCUT2D eigenvalue weighted by Gasteiger charge is -2.07. The number of aromatic nitrogens is 2. The number of fused-ring (bicyclic) bond motifs is 1. The number of halogens is 1. The first-order valence-electron chi connectivity index (χ1n) is 5.87. The van der Waals surface area contributed by atoms with Crippen LogP contribution in [0, 0.1) is 6.92 Å². The molecule has 3 aromatic rings. The third kappa shape index (κ3) is 2.13. The second-order valence-corrected chi connectivity index (χ2v) is 4.72. The van der Waals surface area contributed by atoms with Crippen LogP contribution in [-0.2, 0) is 0 Å². The van der Waals surface area contributed by atoms with Gasteiger partial charge < -0.3 is 5.11 Å². The largest absolute Gasteiger partial charge is 0.508 e. The van der Waals surface area contributed by atoms with Crippen molar-refractivity contribution >= 4 is 22.5 Å². The molecule has 94 valence electrons. The topological polar surface area (TPSA) is 46.0 Å². The van der Waals surface area contributed by atoms with Crippen LogP contribution in [0.4, 0.5) is 0 Å². The minimum atomic E-state index is 0.222. The second-order valence-electron chi connectivity index (χ2n) is 4.32. The van der Waals surface area contributed by atoms with Gasteiger partial charge in [-0.3, -0.25) is 0 Å². The van der Waals surface area contributed by atoms with E-state index in [0.717, 1.165) is 22.2 Å². The third-order valence-electron chi connectivity index (χ3n) is 2.99. The van der Waals surface area contributed by atoms with Crippen LogP contribution in [0.3, 0.4) is 0 Å². The zero-order valence-electron chi connectivity index (χ0n) is 10.3. The lowest BCUT2D eigenvalue weighted by molar-refractivity contribution is 0.475. The zero-order valence-corrected chi connectivity index (χ0v) is 11.0. The fourth-order valence-electron chi connectivity index (χ4n) is 2.01. The fourth-order valence-corrected chi connectivity index (χ4v) is 2.23. The van der Waals surface area contributed by atoms with Crippen molar-refractivity contribution < 1.29 is 5.11 Å². The van der Waals surface area contributed by atoms with E-state index < -0.39 is 0 Å². The molecular formula is C15H11ClN2O. The van der Waals surface area contributed by atoms with Crippen molar-refractivity contribution in [3.63, 3.8) is 0 Å². The maximum Gasteiger partial charge on any atom is 0.160 e. The molecule has 0 radical (unpaired) electrons. The second kappa shape index (κ2) is 4.52. The fraction of sp³-hybridized carbons (Fsp3) is 0.0667. The van der Waals surface area contributed by atoms with Crippen LogP contribution >= 0.6 is 11.6 Å². The van der Waals surface area contributed by atoms with Gasteiger partial charge in [0, 0.05) is 16.6 Å². The van der Waals surface area contributed by atoms with Crippen LogP contribution in [0.1, 0.15) is 5.69 Å². The van der Waals surface area contributed by atoms with Crippen LogP contribution < -0.4 is 0 Å². The number of nitrogens with zero attached hydrogens (tertiary/aromatic N) is 2. The van der Waals surface area contributed by atoms with Crippen molar-refractivity contribution in [2.45, 2.75) is 6.92 Å². The summed E-state index contributed by atoms with van der Waals surface area (Å²) in [6, 6.07) is 12.5. The average molecular weight is 271 g/mol. The van der Waals surface area contributed by atoms with E-state index in [1.165, 1.54) is 0 Å². The molecule has 0 atom stereocenters. The summed E-state index contributed by atoms with van der Waals surface area (Å²) >= 11 is 6.18. The molecule has 0 saturated carbocycles. The predicted octanol–water partition coefficient (Wildman–Crippen LogP) is 3.96. The summed E-state index contributed by atoms with van der Waals surface area (Å²) in [5, 5.41) is 10.9. The van der Waals surface area contributed by atoms with Crippen LogP contribution in [0.2, 0.25) is 5.02 Å². The Morgan fingerprint density at radius 1 is 1.00 bits per heavy atom. The molecule has 0 amide bonds. The van der Waals surface area contributed by atoms with E-state index in [1.807, 2.05) is 25.1 Å². The average Bonchev–Trinajstić information content (AvgIpc) is 2.41. The molecule has 1 N–H and O–H groups in total. The standard InChI is InChI=1S/C15H11ClN2O/c1-9-12-3-2-4-13(16)14(12)18-15(17-9)10-5-7-11(19)8-6-10/h2-8,19H,1H3. The molecule has 0 bridgehead atoms. The number of phenolic OH excluding ortho intramolecular Hbond substituents is 1. The van der Waals surface area contributed by atoms with Gasteiger partial charge in [-0.1, -0.05) is 23.7 Å². The van der Waals surface area contributed by atoms with Gasteiger partial charge in [-0.25, -0.2) is 9.97 Å². The molecule has 0 aliphatic rings. The Morgan fingerprint density at radius 2 is 1.74 bits per heavy atom. The van der Waals surface area contributed by atoms with E-state index in [0.29, 0.717) is 10.8 Å². The molecule has 0 aliphatic carbocycles. The van der Waals surface area contributed by atoms with Crippen molar-refractivity contribution in [1.82, 2.24) is 9.97 Å². The van der Waals surface area contributed by atoms with Crippen molar-refractivity contribution in [3.8, 4) is 17.1 Å². The maximum atomic E-state index is 9.31. The minimum absolute atomic E-state index is 0.222. The molecule has 19 heavy (non-hydrogen) atoms. The van der Waals surface area contributed by atoms with E-state index in [9.17, 15) is 5.11 Å². The number of para-hydroxylation sites is 1. The van der Waals surface area contributed by atoms with Gasteiger partial charge in [0.1, 0.15) is 5.75 Å². The first-order chi connectivity index (χ1) is 9.15. The highest BCUT2D eigenvalue weighted by Crippen LogP contribution is 2.26. The monoisotopic (exact) mass is 270 g/mol. The first kappa shape index (κ1) is 11.9. The number of phenols is 1. The Balaban J connectivity index is 2.25. The highest BCUT2D eigenvalue weighted by Gasteiger charge is 2.08. The highest BCUT2D eigenvalue weighted by molar-refractivity contribution is 6.35. The van der Waals surface area contributed by atoms with Gasteiger partial charge in [0.2, 0.25) is 0 Å². The summed E-state index contributed by atoms with van der Waals surface area (Å²) in [4.78, 5) is 9.00. The summed E-state index contributed by atoms with van der Waals surface area (Å²) in [5.41, 5.74) is 2.48. The number of aromatic hydroxyl groups is 1. The molecular weight excluding hydrogens is 260 g/mol. The smallest absolute Gasteiger partial charge is 0.160 e. The molecule has 3 nitrogen and oxygen atoms in total. The molecule has 1 aromatic heterocycles. The van der Waals surface area contributed by atoms with Crippen molar-refractivity contribution in [1.29, 1.82) is 0 Å². The Hall–Kier alpha value is -2.13. The Morgan fingerprint density at radius 3 is 2.47 bits per heavy atom. The number of aryl methyl sites for hydroxylation is 1. The van der Waals surface area contributed by atoms with Gasteiger partial charge in [-0.2, -0.15) is 0 Å². The van der Waals surface area contributed by atoms with E-state index in [2.05, 4.69) is 9.97 Å². The van der Waals surface area contributed by atoms with Crippen LogP contribution in [0.15, 0.2) is 42.5 Å². The number of benzene rings is 2. The van der Waals surface area contributed by atoms with Gasteiger partial charge in [0.25, 0.3) is 0 Å². The predicted molar refractivity (Wildman–Crippen MR) is 76.4 cm³/mol. The summed E-state index contributed by atoms with van der Waals surface area (Å²) in [6.45, 7) is 1.93. The molecule has 2 aromatic carbocycles. The van der Waals surface area contributed by atoms with Crippen LogP contribution in [0.5, 0.6) is 5.75 Å². The van der Waals surface area contributed by atoms with Gasteiger partial charge in [0.05, 0.1) is 10.5 Å². The third-order valence-corrected chi connectivity index (χ3v) is 3.30. The quantitative estimate of drug-likeness (QED) is 0.728. The van der Waals surface area contributed by atoms with Gasteiger partial charge in [-0.15, -0.1) is 0 Å². The molecule has 0 fully saturated rings. The molecule has 0 aliphatic heterocycles. The van der Waals surface area contributed by atoms with Gasteiger partial charge in [-0.05, 0) is 37.3 Å². The molecule has 1 heterocycles. The summed E-state index contributed by atoms with van der Waals surface area (Å²) in [7, 11) is 0. The first-order valence-corrected chi connectivity index (χ1v) is 6.25. The van der Waals surface area contributed by atoms with Crippen molar-refractivity contribution in [3.05, 3.63) is 53.2 Å². The highest BCUT2D eigenvalue weighted by atomic mass is 35.5. The van der Waals surface area contributed by atoms with E-state index >= 15 is 0 Å². The molecule has 3 rings (SSSR count). The molecule has 0 spiro atoms. The molecule has 0 unspecified atom stereocenters. The van der Waals surface area contributed by atoms with Gasteiger partial charge >= 0.3 is 0 Å². The summed E-state index contributed by atoms with van der Waals surface area (Å²) in [6.07, 6.45) is 0. The normalized spacial score (nSPS) is 10.8. The number of rotatable bonds is 1. The lowest BCUT2D eigenvalue weighted by atomic mass is 10.1.